The van der Waals surface area contributed by atoms with Crippen molar-refractivity contribution in [2.24, 2.45) is 0 Å². The second kappa shape index (κ2) is 4.61. The van der Waals surface area contributed by atoms with Gasteiger partial charge >= 0.3 is 5.97 Å². The van der Waals surface area contributed by atoms with E-state index in [1.807, 2.05) is 0 Å². The summed E-state index contributed by atoms with van der Waals surface area (Å²) in [5, 5.41) is 19.8. The van der Waals surface area contributed by atoms with Crippen LogP contribution in [0.1, 0.15) is 24.2 Å². The molecule has 0 aliphatic rings. The number of nitro benzene ring substituents is 1. The van der Waals surface area contributed by atoms with E-state index in [0.717, 1.165) is 18.2 Å². The molecule has 0 unspecified atom stereocenters. The van der Waals surface area contributed by atoms with Gasteiger partial charge in [0.05, 0.1) is 17.1 Å². The van der Waals surface area contributed by atoms with Gasteiger partial charge in [0, 0.05) is 6.07 Å². The number of carbonyl (C=O) groups is 1. The number of carbonyl (C=O) groups excluding carboxylic acids is 1. The molecule has 1 aromatic rings. The second-order valence-electron chi connectivity index (χ2n) is 3.41. The highest BCUT2D eigenvalue weighted by atomic mass is 16.6. The summed E-state index contributed by atoms with van der Waals surface area (Å²) in [5.41, 5.74) is -0.363. The number of non-ortho nitro benzene ring substituents is 1. The molecule has 0 aliphatic heterocycles. The molecule has 6 nitrogen and oxygen atoms in total. The smallest absolute Gasteiger partial charge is 0.342 e. The van der Waals surface area contributed by atoms with E-state index in [2.05, 4.69) is 0 Å². The van der Waals surface area contributed by atoms with E-state index in [9.17, 15) is 20.0 Å². The first-order chi connectivity index (χ1) is 7.41. The number of aromatic hydroxyl groups is 1. The summed E-state index contributed by atoms with van der Waals surface area (Å²) in [7, 11) is 0. The normalized spacial score (nSPS) is 10.2. The monoisotopic (exact) mass is 225 g/mol. The Morgan fingerprint density at radius 2 is 2.12 bits per heavy atom. The van der Waals surface area contributed by atoms with Crippen LogP contribution in [-0.4, -0.2) is 22.1 Å². The van der Waals surface area contributed by atoms with E-state index in [1.165, 1.54) is 0 Å². The summed E-state index contributed by atoms with van der Waals surface area (Å²) in [6.45, 7) is 3.33. The molecule has 0 fully saturated rings. The number of esters is 1. The summed E-state index contributed by atoms with van der Waals surface area (Å²) >= 11 is 0. The summed E-state index contributed by atoms with van der Waals surface area (Å²) in [5.74, 6) is -1.16. The average molecular weight is 225 g/mol. The maximum absolute atomic E-state index is 11.4. The highest BCUT2D eigenvalue weighted by Gasteiger charge is 2.17. The van der Waals surface area contributed by atoms with Crippen molar-refractivity contribution in [3.63, 3.8) is 0 Å². The first kappa shape index (κ1) is 12.0. The molecular weight excluding hydrogens is 214 g/mol. The van der Waals surface area contributed by atoms with Gasteiger partial charge in [-0.05, 0) is 19.9 Å². The summed E-state index contributed by atoms with van der Waals surface area (Å²) in [6, 6.07) is 3.21. The van der Waals surface area contributed by atoms with Crippen LogP contribution in [0.15, 0.2) is 18.2 Å². The van der Waals surface area contributed by atoms with Gasteiger partial charge in [-0.3, -0.25) is 10.1 Å². The standard InChI is InChI=1S/C10H11NO5/c1-6(2)16-10(13)8-4-3-7(11(14)15)5-9(8)12/h3-6,12H,1-2H3. The molecule has 0 saturated heterocycles. The van der Waals surface area contributed by atoms with E-state index in [1.54, 1.807) is 13.8 Å². The lowest BCUT2D eigenvalue weighted by molar-refractivity contribution is -0.384. The fraction of sp³-hybridized carbons (Fsp3) is 0.300. The van der Waals surface area contributed by atoms with Crippen molar-refractivity contribution in [3.05, 3.63) is 33.9 Å². The summed E-state index contributed by atoms with van der Waals surface area (Å²) < 4.78 is 4.85. The minimum Gasteiger partial charge on any atom is -0.507 e. The first-order valence-corrected chi connectivity index (χ1v) is 4.60. The largest absolute Gasteiger partial charge is 0.507 e. The molecule has 0 heterocycles. The second-order valence-corrected chi connectivity index (χ2v) is 3.41. The Bertz CT molecular complexity index is 427. The Kier molecular flexibility index (Phi) is 3.44. The van der Waals surface area contributed by atoms with Gasteiger partial charge in [0.25, 0.3) is 5.69 Å². The van der Waals surface area contributed by atoms with E-state index in [4.69, 9.17) is 4.74 Å². The maximum Gasteiger partial charge on any atom is 0.342 e. The molecule has 86 valence electrons. The van der Waals surface area contributed by atoms with Crippen LogP contribution in [0.25, 0.3) is 0 Å². The van der Waals surface area contributed by atoms with Gasteiger partial charge in [0.15, 0.2) is 0 Å². The maximum atomic E-state index is 11.4. The van der Waals surface area contributed by atoms with Crippen molar-refractivity contribution >= 4 is 11.7 Å². The fourth-order valence-electron chi connectivity index (χ4n) is 1.08. The van der Waals surface area contributed by atoms with Gasteiger partial charge in [-0.1, -0.05) is 0 Å². The number of benzene rings is 1. The molecule has 0 aromatic heterocycles. The molecule has 1 N–H and O–H groups in total. The molecule has 0 aliphatic carbocycles. The predicted molar refractivity (Wildman–Crippen MR) is 55.3 cm³/mol. The Balaban J connectivity index is 2.99. The topological polar surface area (TPSA) is 89.7 Å². The van der Waals surface area contributed by atoms with Crippen molar-refractivity contribution in [1.82, 2.24) is 0 Å². The molecule has 1 rings (SSSR count). The third kappa shape index (κ3) is 2.69. The molecule has 0 saturated carbocycles. The molecule has 0 spiro atoms. The van der Waals surface area contributed by atoms with Crippen molar-refractivity contribution < 1.29 is 19.6 Å². The van der Waals surface area contributed by atoms with E-state index in [-0.39, 0.29) is 17.4 Å². The first-order valence-electron chi connectivity index (χ1n) is 4.60. The molecule has 16 heavy (non-hydrogen) atoms. The van der Waals surface area contributed by atoms with Crippen molar-refractivity contribution in [1.29, 1.82) is 0 Å². The summed E-state index contributed by atoms with van der Waals surface area (Å²) in [6.07, 6.45) is -0.318. The number of phenolic OH excluding ortho intramolecular Hbond substituents is 1. The van der Waals surface area contributed by atoms with Crippen LogP contribution in [0.5, 0.6) is 5.75 Å². The van der Waals surface area contributed by atoms with Gasteiger partial charge in [-0.15, -0.1) is 0 Å². The van der Waals surface area contributed by atoms with Crippen LogP contribution in [0.4, 0.5) is 5.69 Å². The van der Waals surface area contributed by atoms with Gasteiger partial charge in [-0.2, -0.15) is 0 Å². The van der Waals surface area contributed by atoms with Crippen LogP contribution in [0.2, 0.25) is 0 Å². The van der Waals surface area contributed by atoms with E-state index < -0.39 is 16.6 Å². The minimum absolute atomic E-state index is 0.0840. The number of ether oxygens (including phenoxy) is 1. The third-order valence-electron chi connectivity index (χ3n) is 1.75. The number of hydrogen-bond acceptors (Lipinski definition) is 5. The molecule has 6 heteroatoms. The number of nitro groups is 1. The number of rotatable bonds is 3. The zero-order valence-electron chi connectivity index (χ0n) is 8.84. The van der Waals surface area contributed by atoms with Gasteiger partial charge in [0.2, 0.25) is 0 Å². The quantitative estimate of drug-likeness (QED) is 0.481. The fourth-order valence-corrected chi connectivity index (χ4v) is 1.08. The summed E-state index contributed by atoms with van der Waals surface area (Å²) in [4.78, 5) is 21.1. The minimum atomic E-state index is -0.706. The molecule has 0 radical (unpaired) electrons. The molecule has 0 amide bonds. The van der Waals surface area contributed by atoms with Crippen molar-refractivity contribution in [2.45, 2.75) is 20.0 Å². The van der Waals surface area contributed by atoms with E-state index in [0.29, 0.717) is 0 Å². The highest BCUT2D eigenvalue weighted by molar-refractivity contribution is 5.92. The van der Waals surface area contributed by atoms with Crippen LogP contribution in [0, 0.1) is 10.1 Å². The van der Waals surface area contributed by atoms with Crippen LogP contribution < -0.4 is 0 Å². The zero-order valence-corrected chi connectivity index (χ0v) is 8.84. The Morgan fingerprint density at radius 3 is 2.56 bits per heavy atom. The predicted octanol–water partition coefficient (Wildman–Crippen LogP) is 1.87. The molecule has 0 atom stereocenters. The number of hydrogen-bond donors (Lipinski definition) is 1. The van der Waals surface area contributed by atoms with Crippen LogP contribution >= 0.6 is 0 Å². The molecule has 1 aromatic carbocycles. The molecular formula is C10H11NO5. The van der Waals surface area contributed by atoms with Crippen LogP contribution in [0.3, 0.4) is 0 Å². The van der Waals surface area contributed by atoms with Gasteiger partial charge in [-0.25, -0.2) is 4.79 Å². The van der Waals surface area contributed by atoms with Crippen molar-refractivity contribution in [2.75, 3.05) is 0 Å². The zero-order chi connectivity index (χ0) is 12.3. The Morgan fingerprint density at radius 1 is 1.50 bits per heavy atom. The van der Waals surface area contributed by atoms with Gasteiger partial charge < -0.3 is 9.84 Å². The number of phenols is 1. The average Bonchev–Trinajstić information content (AvgIpc) is 2.15. The van der Waals surface area contributed by atoms with Gasteiger partial charge in [0.1, 0.15) is 11.3 Å². The molecule has 0 bridgehead atoms. The van der Waals surface area contributed by atoms with E-state index >= 15 is 0 Å². The highest BCUT2D eigenvalue weighted by Crippen LogP contribution is 2.24. The SMILES string of the molecule is CC(C)OC(=O)c1ccc([N+](=O)[O-])cc1O. The Labute approximate surface area is 91.6 Å². The Hall–Kier alpha value is -2.11. The lowest BCUT2D eigenvalue weighted by Crippen LogP contribution is -2.11. The number of nitrogens with zero attached hydrogens (tertiary/aromatic N) is 1. The van der Waals surface area contributed by atoms with Crippen molar-refractivity contribution in [3.8, 4) is 5.75 Å². The third-order valence-corrected chi connectivity index (χ3v) is 1.75. The van der Waals surface area contributed by atoms with Crippen LogP contribution in [-0.2, 0) is 4.74 Å². The lowest BCUT2D eigenvalue weighted by Gasteiger charge is -2.08. The lowest BCUT2D eigenvalue weighted by atomic mass is 10.2.